The van der Waals surface area contributed by atoms with Gasteiger partial charge in [-0.1, -0.05) is 18.8 Å². The predicted octanol–water partition coefficient (Wildman–Crippen LogP) is 2.71. The molecule has 0 saturated carbocycles. The molecule has 0 unspecified atom stereocenters. The summed E-state index contributed by atoms with van der Waals surface area (Å²) in [6.45, 7) is 1.92. The lowest BCUT2D eigenvalue weighted by Crippen LogP contribution is -2.01. The van der Waals surface area contributed by atoms with Crippen LogP contribution in [0.15, 0.2) is 29.2 Å². The summed E-state index contributed by atoms with van der Waals surface area (Å²) in [5, 5.41) is 0. The zero-order valence-electron chi connectivity index (χ0n) is 9.45. The highest BCUT2D eigenvalue weighted by Gasteiger charge is 1.94. The molecule has 0 radical (unpaired) electrons. The van der Waals surface area contributed by atoms with E-state index in [4.69, 9.17) is 4.74 Å². The summed E-state index contributed by atoms with van der Waals surface area (Å²) in [6, 6.07) is 7.96. The van der Waals surface area contributed by atoms with Crippen LogP contribution in [0.4, 0.5) is 0 Å². The Morgan fingerprint density at radius 2 is 2.06 bits per heavy atom. The third kappa shape index (κ3) is 4.41. The van der Waals surface area contributed by atoms with E-state index in [1.165, 1.54) is 4.90 Å². The van der Waals surface area contributed by atoms with Gasteiger partial charge in [-0.2, -0.15) is 0 Å². The number of thioether (sulfide) groups is 1. The number of carbonyl (C=O) groups excluding carboxylic acids is 1. The highest BCUT2D eigenvalue weighted by molar-refractivity contribution is 7.98. The van der Waals surface area contributed by atoms with E-state index in [-0.39, 0.29) is 12.6 Å². The van der Waals surface area contributed by atoms with Crippen LogP contribution in [0.3, 0.4) is 0 Å². The normalized spacial score (nSPS) is 9.12. The fraction of sp³-hybridized carbons (Fsp3) is 0.308. The minimum Gasteiger partial charge on any atom is -0.452 e. The molecule has 0 atom stereocenters. The molecule has 2 nitrogen and oxygen atoms in total. The molecule has 0 spiro atoms. The van der Waals surface area contributed by atoms with Crippen molar-refractivity contribution < 1.29 is 9.53 Å². The highest BCUT2D eigenvalue weighted by Crippen LogP contribution is 2.14. The summed E-state index contributed by atoms with van der Waals surface area (Å²) in [5.41, 5.74) is 0.936. The smallest absolute Gasteiger partial charge is 0.306 e. The first-order valence-corrected chi connectivity index (χ1v) is 6.27. The predicted molar refractivity (Wildman–Crippen MR) is 66.4 cm³/mol. The maximum atomic E-state index is 10.8. The second-order valence-electron chi connectivity index (χ2n) is 3.04. The summed E-state index contributed by atoms with van der Waals surface area (Å²) in [7, 11) is 0. The Kier molecular flexibility index (Phi) is 5.52. The molecule has 0 fully saturated rings. The van der Waals surface area contributed by atoms with Gasteiger partial charge in [0.15, 0.2) is 6.61 Å². The molecule has 16 heavy (non-hydrogen) atoms. The van der Waals surface area contributed by atoms with Gasteiger partial charge < -0.3 is 4.74 Å². The summed E-state index contributed by atoms with van der Waals surface area (Å²) >= 11 is 1.70. The van der Waals surface area contributed by atoms with E-state index in [1.807, 2.05) is 30.5 Å². The topological polar surface area (TPSA) is 26.3 Å². The van der Waals surface area contributed by atoms with E-state index in [0.29, 0.717) is 6.42 Å². The number of rotatable bonds is 3. The maximum absolute atomic E-state index is 10.8. The Balaban J connectivity index is 2.47. The summed E-state index contributed by atoms with van der Waals surface area (Å²) in [6.07, 6.45) is 2.43. The molecule has 0 aliphatic rings. The van der Waals surface area contributed by atoms with Gasteiger partial charge in [0, 0.05) is 16.9 Å². The second-order valence-corrected chi connectivity index (χ2v) is 3.92. The van der Waals surface area contributed by atoms with Crippen LogP contribution in [-0.4, -0.2) is 18.8 Å². The molecular formula is C13H14O2S. The van der Waals surface area contributed by atoms with Crippen molar-refractivity contribution in [2.45, 2.75) is 18.2 Å². The molecule has 0 aromatic heterocycles. The highest BCUT2D eigenvalue weighted by atomic mass is 32.2. The van der Waals surface area contributed by atoms with E-state index >= 15 is 0 Å². The number of hydrogen-bond donors (Lipinski definition) is 0. The third-order valence-corrected chi connectivity index (χ3v) is 2.66. The first-order valence-electron chi connectivity index (χ1n) is 5.04. The number of ether oxygens (including phenoxy) is 1. The molecule has 1 aromatic carbocycles. The molecular weight excluding hydrogens is 220 g/mol. The molecule has 0 aliphatic heterocycles. The van der Waals surface area contributed by atoms with Crippen LogP contribution in [0.25, 0.3) is 0 Å². The molecule has 0 bridgehead atoms. The lowest BCUT2D eigenvalue weighted by atomic mass is 10.2. The van der Waals surface area contributed by atoms with Gasteiger partial charge in [0.1, 0.15) is 0 Å². The van der Waals surface area contributed by atoms with Crippen LogP contribution in [0.1, 0.15) is 18.9 Å². The number of esters is 1. The van der Waals surface area contributed by atoms with Crippen molar-refractivity contribution in [1.82, 2.24) is 0 Å². The average Bonchev–Trinajstić information content (AvgIpc) is 2.35. The minimum absolute atomic E-state index is 0.164. The van der Waals surface area contributed by atoms with Crippen LogP contribution in [0.2, 0.25) is 0 Å². The van der Waals surface area contributed by atoms with E-state index in [2.05, 4.69) is 11.8 Å². The Morgan fingerprint density at radius 1 is 1.38 bits per heavy atom. The van der Waals surface area contributed by atoms with Gasteiger partial charge in [0.05, 0.1) is 0 Å². The lowest BCUT2D eigenvalue weighted by molar-refractivity contribution is -0.141. The zero-order valence-corrected chi connectivity index (χ0v) is 10.3. The zero-order chi connectivity index (χ0) is 11.8. The van der Waals surface area contributed by atoms with Gasteiger partial charge in [0.25, 0.3) is 0 Å². The quantitative estimate of drug-likeness (QED) is 0.457. The SMILES string of the molecule is CCC(=O)OCC#Cc1ccc(SC)cc1. The fourth-order valence-corrected chi connectivity index (χ4v) is 1.44. The van der Waals surface area contributed by atoms with Crippen molar-refractivity contribution in [1.29, 1.82) is 0 Å². The molecule has 0 aliphatic carbocycles. The monoisotopic (exact) mass is 234 g/mol. The molecule has 0 amide bonds. The Hall–Kier alpha value is -1.40. The van der Waals surface area contributed by atoms with E-state index in [9.17, 15) is 4.79 Å². The standard InChI is InChI=1S/C13H14O2S/c1-3-13(14)15-10-4-5-11-6-8-12(16-2)9-7-11/h6-9H,3,10H2,1-2H3. The molecule has 3 heteroatoms. The molecule has 84 valence electrons. The molecule has 0 heterocycles. The maximum Gasteiger partial charge on any atom is 0.306 e. The summed E-state index contributed by atoms with van der Waals surface area (Å²) in [4.78, 5) is 12.0. The van der Waals surface area contributed by atoms with Gasteiger partial charge in [-0.25, -0.2) is 0 Å². The average molecular weight is 234 g/mol. The van der Waals surface area contributed by atoms with E-state index < -0.39 is 0 Å². The number of carbonyl (C=O) groups is 1. The fourth-order valence-electron chi connectivity index (χ4n) is 1.03. The largest absolute Gasteiger partial charge is 0.452 e. The van der Waals surface area contributed by atoms with Gasteiger partial charge in [-0.3, -0.25) is 4.79 Å². The van der Waals surface area contributed by atoms with Crippen LogP contribution in [0.5, 0.6) is 0 Å². The van der Waals surface area contributed by atoms with Crippen LogP contribution in [0, 0.1) is 11.8 Å². The van der Waals surface area contributed by atoms with Gasteiger partial charge in [-0.15, -0.1) is 11.8 Å². The molecule has 0 saturated heterocycles. The van der Waals surface area contributed by atoms with Crippen molar-refractivity contribution in [3.8, 4) is 11.8 Å². The third-order valence-electron chi connectivity index (χ3n) is 1.92. The number of benzene rings is 1. The van der Waals surface area contributed by atoms with E-state index in [1.54, 1.807) is 18.7 Å². The van der Waals surface area contributed by atoms with Crippen LogP contribution >= 0.6 is 11.8 Å². The molecule has 1 aromatic rings. The van der Waals surface area contributed by atoms with Crippen molar-refractivity contribution in [2.24, 2.45) is 0 Å². The Morgan fingerprint density at radius 3 is 2.62 bits per heavy atom. The van der Waals surface area contributed by atoms with Gasteiger partial charge in [0.2, 0.25) is 0 Å². The van der Waals surface area contributed by atoms with Gasteiger partial charge >= 0.3 is 5.97 Å². The first-order chi connectivity index (χ1) is 7.76. The summed E-state index contributed by atoms with van der Waals surface area (Å²) < 4.78 is 4.84. The van der Waals surface area contributed by atoms with Crippen LogP contribution in [-0.2, 0) is 9.53 Å². The van der Waals surface area contributed by atoms with Crippen molar-refractivity contribution in [3.63, 3.8) is 0 Å². The Labute approximate surface area is 100 Å². The van der Waals surface area contributed by atoms with Gasteiger partial charge in [-0.05, 0) is 30.5 Å². The Bertz CT molecular complexity index is 398. The van der Waals surface area contributed by atoms with E-state index in [0.717, 1.165) is 5.56 Å². The lowest BCUT2D eigenvalue weighted by Gasteiger charge is -1.96. The second kappa shape index (κ2) is 6.97. The van der Waals surface area contributed by atoms with Crippen molar-refractivity contribution >= 4 is 17.7 Å². The van der Waals surface area contributed by atoms with Crippen molar-refractivity contribution in [2.75, 3.05) is 12.9 Å². The van der Waals surface area contributed by atoms with Crippen LogP contribution < -0.4 is 0 Å². The first kappa shape index (κ1) is 12.7. The molecule has 0 N–H and O–H groups in total. The number of hydrogen-bond acceptors (Lipinski definition) is 3. The minimum atomic E-state index is -0.216. The molecule has 1 rings (SSSR count). The summed E-state index contributed by atoms with van der Waals surface area (Å²) in [5.74, 6) is 5.53. The van der Waals surface area contributed by atoms with Crippen molar-refractivity contribution in [3.05, 3.63) is 29.8 Å².